The predicted molar refractivity (Wildman–Crippen MR) is 71.9 cm³/mol. The summed E-state index contributed by atoms with van der Waals surface area (Å²) < 4.78 is 5.29. The lowest BCUT2D eigenvalue weighted by atomic mass is 9.94. The summed E-state index contributed by atoms with van der Waals surface area (Å²) in [5, 5.41) is 11.5. The van der Waals surface area contributed by atoms with Crippen LogP contribution in [0.1, 0.15) is 51.9 Å². The number of rotatable bonds is 8. The quantitative estimate of drug-likeness (QED) is 0.707. The molecule has 2 N–H and O–H groups in total. The molecule has 0 spiro atoms. The molecule has 1 fully saturated rings. The van der Waals surface area contributed by atoms with E-state index in [-0.39, 0.29) is 5.91 Å². The number of hydrogen-bond acceptors (Lipinski definition) is 3. The Labute approximate surface area is 114 Å². The van der Waals surface area contributed by atoms with Crippen LogP contribution >= 0.6 is 0 Å². The lowest BCUT2D eigenvalue weighted by Crippen LogP contribution is -2.40. The van der Waals surface area contributed by atoms with Gasteiger partial charge in [-0.25, -0.2) is 4.79 Å². The number of nitrogens with one attached hydrogen (secondary N) is 1. The maximum atomic E-state index is 11.7. The van der Waals surface area contributed by atoms with Gasteiger partial charge in [0.15, 0.2) is 0 Å². The van der Waals surface area contributed by atoms with Gasteiger partial charge in [0.05, 0.1) is 0 Å². The summed E-state index contributed by atoms with van der Waals surface area (Å²) in [7, 11) is 0. The highest BCUT2D eigenvalue weighted by molar-refractivity contribution is 5.83. The number of carboxylic acid groups (broad SMARTS) is 1. The van der Waals surface area contributed by atoms with Crippen LogP contribution in [0.3, 0.4) is 0 Å². The van der Waals surface area contributed by atoms with Crippen molar-refractivity contribution < 1.29 is 19.4 Å². The second kappa shape index (κ2) is 8.91. The monoisotopic (exact) mass is 271 g/mol. The highest BCUT2D eigenvalue weighted by Gasteiger charge is 2.19. The molecule has 0 aromatic carbocycles. The van der Waals surface area contributed by atoms with Crippen molar-refractivity contribution in [1.29, 1.82) is 0 Å². The molecule has 0 saturated carbocycles. The Morgan fingerprint density at radius 3 is 2.63 bits per heavy atom. The molecule has 1 rings (SSSR count). The minimum Gasteiger partial charge on any atom is -0.480 e. The molecule has 1 heterocycles. The van der Waals surface area contributed by atoms with Crippen molar-refractivity contribution in [2.75, 3.05) is 13.2 Å². The molecule has 1 unspecified atom stereocenters. The number of aliphatic carboxylic acids is 1. The predicted octanol–water partition coefficient (Wildman–Crippen LogP) is 1.95. The smallest absolute Gasteiger partial charge is 0.326 e. The molecule has 5 heteroatoms. The zero-order chi connectivity index (χ0) is 14.1. The van der Waals surface area contributed by atoms with Gasteiger partial charge in [-0.15, -0.1) is 0 Å². The first-order chi connectivity index (χ1) is 9.13. The zero-order valence-corrected chi connectivity index (χ0v) is 11.7. The summed E-state index contributed by atoms with van der Waals surface area (Å²) in [6.45, 7) is 3.57. The topological polar surface area (TPSA) is 75.6 Å². The van der Waals surface area contributed by atoms with E-state index in [0.717, 1.165) is 45.3 Å². The molecule has 0 aromatic heterocycles. The molecule has 1 aliphatic heterocycles. The van der Waals surface area contributed by atoms with Crippen molar-refractivity contribution >= 4 is 11.9 Å². The molecular formula is C14H25NO4. The average molecular weight is 271 g/mol. The number of carboxylic acids is 1. The molecule has 19 heavy (non-hydrogen) atoms. The summed E-state index contributed by atoms with van der Waals surface area (Å²) >= 11 is 0. The van der Waals surface area contributed by atoms with Gasteiger partial charge >= 0.3 is 5.97 Å². The first-order valence-electron chi connectivity index (χ1n) is 7.23. The van der Waals surface area contributed by atoms with Crippen molar-refractivity contribution in [2.45, 2.75) is 57.9 Å². The first-order valence-corrected chi connectivity index (χ1v) is 7.23. The molecule has 1 saturated heterocycles. The first kappa shape index (κ1) is 16.0. The third kappa shape index (κ3) is 6.57. The third-order valence-electron chi connectivity index (χ3n) is 3.57. The molecule has 0 aromatic rings. The third-order valence-corrected chi connectivity index (χ3v) is 3.57. The van der Waals surface area contributed by atoms with Crippen molar-refractivity contribution in [3.05, 3.63) is 0 Å². The van der Waals surface area contributed by atoms with Gasteiger partial charge in [-0.2, -0.15) is 0 Å². The average Bonchev–Trinajstić information content (AvgIpc) is 2.39. The molecule has 5 nitrogen and oxygen atoms in total. The van der Waals surface area contributed by atoms with E-state index in [2.05, 4.69) is 5.32 Å². The Bertz CT molecular complexity index is 287. The Morgan fingerprint density at radius 1 is 1.37 bits per heavy atom. The van der Waals surface area contributed by atoms with Gasteiger partial charge in [0.1, 0.15) is 6.04 Å². The van der Waals surface area contributed by atoms with Gasteiger partial charge in [0.2, 0.25) is 5.91 Å². The van der Waals surface area contributed by atoms with Gasteiger partial charge < -0.3 is 15.2 Å². The van der Waals surface area contributed by atoms with Crippen LogP contribution in [0.15, 0.2) is 0 Å². The van der Waals surface area contributed by atoms with E-state index in [1.54, 1.807) is 0 Å². The molecule has 1 aliphatic rings. The highest BCUT2D eigenvalue weighted by Crippen LogP contribution is 2.20. The molecule has 1 atom stereocenters. The number of hydrogen-bond donors (Lipinski definition) is 2. The van der Waals surface area contributed by atoms with Crippen LogP contribution in [0.2, 0.25) is 0 Å². The van der Waals surface area contributed by atoms with E-state index >= 15 is 0 Å². The van der Waals surface area contributed by atoms with Gasteiger partial charge in [0, 0.05) is 19.6 Å². The molecule has 0 aliphatic carbocycles. The number of ether oxygens (including phenoxy) is 1. The number of carbonyl (C=O) groups excluding carboxylic acids is 1. The normalized spacial score (nSPS) is 17.9. The zero-order valence-electron chi connectivity index (χ0n) is 11.7. The maximum Gasteiger partial charge on any atom is 0.326 e. The van der Waals surface area contributed by atoms with E-state index in [9.17, 15) is 9.59 Å². The van der Waals surface area contributed by atoms with Crippen LogP contribution in [-0.2, 0) is 14.3 Å². The number of carbonyl (C=O) groups is 2. The molecule has 0 bridgehead atoms. The van der Waals surface area contributed by atoms with Gasteiger partial charge in [-0.05, 0) is 38.0 Å². The van der Waals surface area contributed by atoms with E-state index in [4.69, 9.17) is 9.84 Å². The number of amides is 1. The fourth-order valence-electron chi connectivity index (χ4n) is 2.40. The summed E-state index contributed by atoms with van der Waals surface area (Å²) in [6.07, 6.45) is 5.67. The van der Waals surface area contributed by atoms with Gasteiger partial charge in [-0.3, -0.25) is 4.79 Å². The second-order valence-corrected chi connectivity index (χ2v) is 5.19. The SMILES string of the molecule is CCCC(NC(=O)CCCC1CCOCC1)C(=O)O. The Kier molecular flexibility index (Phi) is 7.48. The lowest BCUT2D eigenvalue weighted by Gasteiger charge is -2.21. The lowest BCUT2D eigenvalue weighted by molar-refractivity contribution is -0.142. The van der Waals surface area contributed by atoms with Crippen molar-refractivity contribution in [2.24, 2.45) is 5.92 Å². The minimum atomic E-state index is -0.945. The van der Waals surface area contributed by atoms with Crippen LogP contribution in [0.25, 0.3) is 0 Å². The van der Waals surface area contributed by atoms with Crippen molar-refractivity contribution in [3.63, 3.8) is 0 Å². The second-order valence-electron chi connectivity index (χ2n) is 5.19. The van der Waals surface area contributed by atoms with E-state index in [0.29, 0.717) is 18.8 Å². The maximum absolute atomic E-state index is 11.7. The summed E-state index contributed by atoms with van der Waals surface area (Å²) in [6, 6.07) is -0.736. The largest absolute Gasteiger partial charge is 0.480 e. The molecule has 0 radical (unpaired) electrons. The standard InChI is InChI=1S/C14H25NO4/c1-2-4-12(14(17)18)15-13(16)6-3-5-11-7-9-19-10-8-11/h11-12H,2-10H2,1H3,(H,15,16)(H,17,18). The van der Waals surface area contributed by atoms with Crippen LogP contribution in [0.5, 0.6) is 0 Å². The Balaban J connectivity index is 2.17. The summed E-state index contributed by atoms with van der Waals surface area (Å²) in [5.74, 6) is -0.431. The molecular weight excluding hydrogens is 246 g/mol. The van der Waals surface area contributed by atoms with Crippen LogP contribution < -0.4 is 5.32 Å². The van der Waals surface area contributed by atoms with Gasteiger partial charge in [0.25, 0.3) is 0 Å². The molecule has 1 amide bonds. The molecule has 110 valence electrons. The van der Waals surface area contributed by atoms with E-state index in [1.807, 2.05) is 6.92 Å². The van der Waals surface area contributed by atoms with Gasteiger partial charge in [-0.1, -0.05) is 13.3 Å². The van der Waals surface area contributed by atoms with Crippen LogP contribution in [0.4, 0.5) is 0 Å². The fourth-order valence-corrected chi connectivity index (χ4v) is 2.40. The van der Waals surface area contributed by atoms with E-state index in [1.165, 1.54) is 0 Å². The Hall–Kier alpha value is -1.10. The van der Waals surface area contributed by atoms with Crippen molar-refractivity contribution in [1.82, 2.24) is 5.32 Å². The fraction of sp³-hybridized carbons (Fsp3) is 0.857. The van der Waals surface area contributed by atoms with Crippen molar-refractivity contribution in [3.8, 4) is 0 Å². The minimum absolute atomic E-state index is 0.145. The van der Waals surface area contributed by atoms with Crippen LogP contribution in [-0.4, -0.2) is 36.2 Å². The highest BCUT2D eigenvalue weighted by atomic mass is 16.5. The summed E-state index contributed by atoms with van der Waals surface area (Å²) in [5.41, 5.74) is 0. The Morgan fingerprint density at radius 2 is 2.05 bits per heavy atom. The van der Waals surface area contributed by atoms with Crippen LogP contribution in [0, 0.1) is 5.92 Å². The summed E-state index contributed by atoms with van der Waals surface area (Å²) in [4.78, 5) is 22.6. The van der Waals surface area contributed by atoms with E-state index < -0.39 is 12.0 Å².